The van der Waals surface area contributed by atoms with E-state index in [2.05, 4.69) is 50.2 Å². The topological polar surface area (TPSA) is 118 Å². The standard InChI is InChI=1S/C44H61N3O5/c1-40(2)34-17-22-43(5)35(41(34,3)21-18-36(40)48)16-15-31-32-13-9-20-44(32,24-23-42(31,43)4)39(51)45-25-19-28-10-7-11-29(26-28)37(49)46-27-30-12-8-14-33(47-30)38(50)52-6/h7-8,10-12,14,26,31-32,34-36,48H,9,13,15-25,27H2,1-6H3,(H,45,51)(H,46,49)/t31?,32?,34?,35?,36?,41?,42-,43?,44?/m1/s1. The summed E-state index contributed by atoms with van der Waals surface area (Å²) >= 11 is 0. The van der Waals surface area contributed by atoms with Crippen molar-refractivity contribution in [3.8, 4) is 0 Å². The van der Waals surface area contributed by atoms with E-state index in [4.69, 9.17) is 4.74 Å². The number of esters is 1. The zero-order chi connectivity index (χ0) is 37.1. The van der Waals surface area contributed by atoms with E-state index < -0.39 is 5.97 Å². The highest BCUT2D eigenvalue weighted by Crippen LogP contribution is 2.76. The van der Waals surface area contributed by atoms with E-state index in [0.717, 1.165) is 50.5 Å². The summed E-state index contributed by atoms with van der Waals surface area (Å²) in [7, 11) is 1.31. The van der Waals surface area contributed by atoms with Gasteiger partial charge in [0, 0.05) is 12.1 Å². The van der Waals surface area contributed by atoms with Crippen LogP contribution in [0.4, 0.5) is 0 Å². The Bertz CT molecular complexity index is 1710. The molecule has 0 spiro atoms. The summed E-state index contributed by atoms with van der Waals surface area (Å²) in [6.45, 7) is 13.2. The first kappa shape index (κ1) is 37.1. The molecule has 1 aromatic carbocycles. The first-order valence-electron chi connectivity index (χ1n) is 20.1. The molecule has 9 atom stereocenters. The number of amides is 2. The Labute approximate surface area is 310 Å². The van der Waals surface area contributed by atoms with Gasteiger partial charge in [-0.1, -0.05) is 59.2 Å². The molecule has 5 saturated carbocycles. The van der Waals surface area contributed by atoms with Gasteiger partial charge < -0.3 is 20.5 Å². The number of fused-ring (bicyclic) bond motifs is 7. The van der Waals surface area contributed by atoms with Crippen molar-refractivity contribution in [3.05, 3.63) is 65.0 Å². The van der Waals surface area contributed by atoms with Gasteiger partial charge in [0.15, 0.2) is 0 Å². The Kier molecular flexibility index (Phi) is 9.66. The van der Waals surface area contributed by atoms with Gasteiger partial charge in [-0.25, -0.2) is 9.78 Å². The van der Waals surface area contributed by atoms with E-state index in [1.807, 2.05) is 18.2 Å². The van der Waals surface area contributed by atoms with Crippen molar-refractivity contribution >= 4 is 17.8 Å². The lowest BCUT2D eigenvalue weighted by atomic mass is 9.32. The molecule has 0 bridgehead atoms. The smallest absolute Gasteiger partial charge is 0.356 e. The molecule has 8 nitrogen and oxygen atoms in total. The second kappa shape index (κ2) is 13.5. The molecule has 1 aromatic heterocycles. The van der Waals surface area contributed by atoms with Crippen LogP contribution in [-0.2, 0) is 22.5 Å². The molecule has 2 amide bonds. The fourth-order valence-corrected chi connectivity index (χ4v) is 13.4. The number of aliphatic hydroxyl groups excluding tert-OH is 1. The SMILES string of the molecule is COC(=O)c1cccc(CNC(=O)c2cccc(CCNC(=O)C34CCCC3C3CCC5C6(C)CCC(O)C(C)(C)C6CCC5(C)[C@]3(C)CC4)c2)n1. The van der Waals surface area contributed by atoms with Crippen molar-refractivity contribution in [1.82, 2.24) is 15.6 Å². The summed E-state index contributed by atoms with van der Waals surface area (Å²) in [6.07, 6.45) is 12.8. The van der Waals surface area contributed by atoms with Gasteiger partial charge in [-0.05, 0) is 146 Å². The molecule has 0 saturated heterocycles. The number of nitrogens with zero attached hydrogens (tertiary/aromatic N) is 1. The lowest BCUT2D eigenvalue weighted by molar-refractivity contribution is -0.244. The highest BCUT2D eigenvalue weighted by atomic mass is 16.5. The van der Waals surface area contributed by atoms with E-state index >= 15 is 0 Å². The molecule has 282 valence electrons. The number of aliphatic hydroxyl groups is 1. The molecule has 0 aliphatic heterocycles. The maximum Gasteiger partial charge on any atom is 0.356 e. The van der Waals surface area contributed by atoms with E-state index in [0.29, 0.717) is 47.9 Å². The molecule has 8 heteroatoms. The van der Waals surface area contributed by atoms with Crippen LogP contribution >= 0.6 is 0 Å². The average molecular weight is 712 g/mol. The average Bonchev–Trinajstić information content (AvgIpc) is 3.58. The van der Waals surface area contributed by atoms with E-state index in [9.17, 15) is 19.5 Å². The Morgan fingerprint density at radius 1 is 0.827 bits per heavy atom. The summed E-state index contributed by atoms with van der Waals surface area (Å²) in [5.41, 5.74) is 2.76. The number of pyridine rings is 1. The van der Waals surface area contributed by atoms with Crippen LogP contribution in [0, 0.1) is 50.7 Å². The summed E-state index contributed by atoms with van der Waals surface area (Å²) in [5, 5.41) is 17.3. The first-order chi connectivity index (χ1) is 24.7. The van der Waals surface area contributed by atoms with Crippen molar-refractivity contribution < 1.29 is 24.2 Å². The number of aromatic nitrogens is 1. The minimum atomic E-state index is -0.516. The number of hydrogen-bond donors (Lipinski definition) is 3. The molecule has 7 rings (SSSR count). The zero-order valence-electron chi connectivity index (χ0n) is 32.4. The number of nitrogens with one attached hydrogen (secondary N) is 2. The van der Waals surface area contributed by atoms with Crippen molar-refractivity contribution in [2.24, 2.45) is 50.7 Å². The Morgan fingerprint density at radius 3 is 2.40 bits per heavy atom. The van der Waals surface area contributed by atoms with Gasteiger partial charge in [0.25, 0.3) is 5.91 Å². The Hall–Kier alpha value is -3.26. The van der Waals surface area contributed by atoms with E-state index in [-0.39, 0.29) is 57.2 Å². The molecular weight excluding hydrogens is 650 g/mol. The van der Waals surface area contributed by atoms with Crippen LogP contribution in [0.2, 0.25) is 0 Å². The third kappa shape index (κ3) is 5.81. The summed E-state index contributed by atoms with van der Waals surface area (Å²) in [6, 6.07) is 12.6. The number of ether oxygens (including phenoxy) is 1. The highest BCUT2D eigenvalue weighted by molar-refractivity contribution is 5.94. The van der Waals surface area contributed by atoms with Gasteiger partial charge in [-0.3, -0.25) is 9.59 Å². The fraction of sp³-hybridized carbons (Fsp3) is 0.682. The van der Waals surface area contributed by atoms with Crippen molar-refractivity contribution in [2.75, 3.05) is 13.7 Å². The van der Waals surface area contributed by atoms with Crippen LogP contribution in [-0.4, -0.2) is 47.6 Å². The van der Waals surface area contributed by atoms with Crippen molar-refractivity contribution in [2.45, 2.75) is 124 Å². The molecule has 1 heterocycles. The first-order valence-corrected chi connectivity index (χ1v) is 20.1. The summed E-state index contributed by atoms with van der Waals surface area (Å²) in [4.78, 5) is 43.5. The maximum absolute atomic E-state index is 14.3. The molecule has 5 aliphatic carbocycles. The predicted molar refractivity (Wildman–Crippen MR) is 201 cm³/mol. The molecule has 3 N–H and O–H groups in total. The Balaban J connectivity index is 0.986. The lowest BCUT2D eigenvalue weighted by Gasteiger charge is -2.72. The molecule has 0 radical (unpaired) electrons. The number of rotatable bonds is 8. The second-order valence-corrected chi connectivity index (χ2v) is 18.6. The predicted octanol–water partition coefficient (Wildman–Crippen LogP) is 7.67. The summed E-state index contributed by atoms with van der Waals surface area (Å²) in [5.74, 6) is 1.76. The number of benzene rings is 1. The number of hydrogen-bond acceptors (Lipinski definition) is 6. The third-order valence-corrected chi connectivity index (χ3v) is 16.3. The molecule has 8 unspecified atom stereocenters. The number of carbonyl (C=O) groups is 3. The van der Waals surface area contributed by atoms with E-state index in [1.54, 1.807) is 24.3 Å². The lowest BCUT2D eigenvalue weighted by Crippen LogP contribution is -2.67. The fourth-order valence-electron chi connectivity index (χ4n) is 13.4. The summed E-state index contributed by atoms with van der Waals surface area (Å²) < 4.78 is 4.75. The van der Waals surface area contributed by atoms with Gasteiger partial charge in [0.2, 0.25) is 5.91 Å². The number of methoxy groups -OCH3 is 1. The van der Waals surface area contributed by atoms with Crippen LogP contribution in [0.15, 0.2) is 42.5 Å². The van der Waals surface area contributed by atoms with Crippen LogP contribution in [0.25, 0.3) is 0 Å². The third-order valence-electron chi connectivity index (χ3n) is 16.3. The minimum absolute atomic E-state index is 0.0378. The van der Waals surface area contributed by atoms with Crippen molar-refractivity contribution in [1.29, 1.82) is 0 Å². The van der Waals surface area contributed by atoms with Crippen LogP contribution in [0.1, 0.15) is 137 Å². The molecule has 52 heavy (non-hydrogen) atoms. The van der Waals surface area contributed by atoms with Gasteiger partial charge >= 0.3 is 5.97 Å². The van der Waals surface area contributed by atoms with Gasteiger partial charge in [-0.15, -0.1) is 0 Å². The second-order valence-electron chi connectivity index (χ2n) is 18.6. The number of carbonyl (C=O) groups excluding carboxylic acids is 3. The van der Waals surface area contributed by atoms with Gasteiger partial charge in [0.05, 0.1) is 30.9 Å². The normalized spacial score (nSPS) is 37.4. The molecule has 5 fully saturated rings. The van der Waals surface area contributed by atoms with Crippen LogP contribution in [0.5, 0.6) is 0 Å². The van der Waals surface area contributed by atoms with Gasteiger partial charge in [-0.2, -0.15) is 0 Å². The largest absolute Gasteiger partial charge is 0.464 e. The molecule has 2 aromatic rings. The van der Waals surface area contributed by atoms with Crippen LogP contribution in [0.3, 0.4) is 0 Å². The zero-order valence-corrected chi connectivity index (χ0v) is 32.4. The van der Waals surface area contributed by atoms with Crippen LogP contribution < -0.4 is 10.6 Å². The maximum atomic E-state index is 14.3. The van der Waals surface area contributed by atoms with Crippen molar-refractivity contribution in [3.63, 3.8) is 0 Å². The van der Waals surface area contributed by atoms with Gasteiger partial charge in [0.1, 0.15) is 5.69 Å². The monoisotopic (exact) mass is 711 g/mol. The quantitative estimate of drug-likeness (QED) is 0.242. The van der Waals surface area contributed by atoms with E-state index in [1.165, 1.54) is 32.8 Å². The minimum Gasteiger partial charge on any atom is -0.464 e. The highest BCUT2D eigenvalue weighted by Gasteiger charge is 2.70. The molecule has 5 aliphatic rings. The Morgan fingerprint density at radius 2 is 1.62 bits per heavy atom. The molecular formula is C44H61N3O5.